The van der Waals surface area contributed by atoms with E-state index in [0.717, 1.165) is 6.07 Å². The first-order chi connectivity index (χ1) is 33.8. The molecule has 2 heterocycles. The van der Waals surface area contributed by atoms with Gasteiger partial charge in [0.15, 0.2) is 5.43 Å². The van der Waals surface area contributed by atoms with Crippen molar-refractivity contribution < 1.29 is 53.2 Å². The summed E-state index contributed by atoms with van der Waals surface area (Å²) in [5.74, 6) is -5.52. The van der Waals surface area contributed by atoms with Gasteiger partial charge in [-0.15, -0.1) is 0 Å². The lowest BCUT2D eigenvalue weighted by molar-refractivity contribution is 0.0682. The van der Waals surface area contributed by atoms with E-state index in [1.807, 2.05) is 0 Å². The zero-order valence-electron chi connectivity index (χ0n) is 37.1. The van der Waals surface area contributed by atoms with Gasteiger partial charge < -0.3 is 51.0 Å². The molecule has 0 saturated heterocycles. The van der Waals surface area contributed by atoms with E-state index in [4.69, 9.17) is 43.2 Å². The molecule has 9 rings (SSSR count). The molecule has 0 radical (unpaired) electrons. The number of carbonyl (C=O) groups excluding carboxylic acids is 2. The smallest absolute Gasteiger partial charge is 0.337 e. The van der Waals surface area contributed by atoms with Crippen molar-refractivity contribution in [3.05, 3.63) is 179 Å². The van der Waals surface area contributed by atoms with E-state index in [0.29, 0.717) is 55.4 Å². The van der Waals surface area contributed by atoms with Crippen molar-refractivity contribution in [1.82, 2.24) is 10.6 Å². The minimum absolute atomic E-state index is 0.0202. The molecule has 71 heavy (non-hydrogen) atoms. The maximum absolute atomic E-state index is 13.7. The van der Waals surface area contributed by atoms with E-state index in [1.165, 1.54) is 66.7 Å². The number of aryl methyl sites for hydroxylation is 2. The van der Waals surface area contributed by atoms with E-state index in [1.54, 1.807) is 44.2 Å². The van der Waals surface area contributed by atoms with Crippen LogP contribution in [0.5, 0.6) is 5.75 Å². The van der Waals surface area contributed by atoms with Crippen molar-refractivity contribution in [2.45, 2.75) is 26.9 Å². The number of carboxylic acid groups (broad SMARTS) is 3. The Hall–Kier alpha value is -8.99. The summed E-state index contributed by atoms with van der Waals surface area (Å²) in [5, 5.41) is 55.7. The van der Waals surface area contributed by atoms with Gasteiger partial charge in [-0.3, -0.25) is 14.4 Å². The van der Waals surface area contributed by atoms with Gasteiger partial charge in [-0.05, 0) is 103 Å². The first kappa shape index (κ1) is 47.1. The van der Waals surface area contributed by atoms with E-state index in [2.05, 4.69) is 10.6 Å². The van der Waals surface area contributed by atoms with Crippen LogP contribution < -0.4 is 27.2 Å². The average Bonchev–Trinajstić information content (AvgIpc) is 3.33. The van der Waals surface area contributed by atoms with Crippen LogP contribution in [0.2, 0.25) is 10.0 Å². The van der Waals surface area contributed by atoms with Crippen molar-refractivity contribution in [2.75, 3.05) is 5.73 Å². The molecule has 354 valence electrons. The molecule has 0 saturated carbocycles. The Labute approximate surface area is 410 Å². The number of nitrogen functional groups attached to an aromatic ring is 1. The normalized spacial score (nSPS) is 11.3. The van der Waals surface area contributed by atoms with E-state index in [-0.39, 0.29) is 95.9 Å². The number of anilines is 1. The first-order valence-electron chi connectivity index (χ1n) is 21.4. The molecule has 5 aromatic rings. The fourth-order valence-electron chi connectivity index (χ4n) is 8.56. The number of rotatable bonds is 11. The van der Waals surface area contributed by atoms with E-state index < -0.39 is 40.7 Å². The van der Waals surface area contributed by atoms with Crippen molar-refractivity contribution >= 4 is 80.6 Å². The monoisotopic (exact) mass is 990 g/mol. The molecule has 0 fully saturated rings. The summed E-state index contributed by atoms with van der Waals surface area (Å²) >= 11 is 13.7. The lowest BCUT2D eigenvalue weighted by Gasteiger charge is -2.21. The molecule has 2 aliphatic carbocycles. The summed E-state index contributed by atoms with van der Waals surface area (Å²) in [4.78, 5) is 77.0. The Morgan fingerprint density at radius 2 is 1.32 bits per heavy atom. The molecular weight excluding hydrogens is 956 g/mol. The predicted molar refractivity (Wildman–Crippen MR) is 264 cm³/mol. The Bertz CT molecular complexity index is 3860. The number of benzene rings is 7. The number of fused-ring (bicyclic) bond motifs is 4. The lowest BCUT2D eigenvalue weighted by atomic mass is 9.88. The van der Waals surface area contributed by atoms with Crippen LogP contribution in [0.15, 0.2) is 117 Å². The van der Waals surface area contributed by atoms with Crippen LogP contribution in [-0.4, -0.2) is 50.1 Å². The highest BCUT2D eigenvalue weighted by Crippen LogP contribution is 2.48. The molecule has 0 atom stereocenters. The summed E-state index contributed by atoms with van der Waals surface area (Å²) in [6.07, 6.45) is 0. The molecule has 0 spiro atoms. The van der Waals surface area contributed by atoms with Crippen molar-refractivity contribution in [1.29, 1.82) is 5.41 Å². The minimum atomic E-state index is -1.46. The van der Waals surface area contributed by atoms with Crippen LogP contribution >= 0.6 is 23.2 Å². The number of amides is 2. The average molecular weight is 992 g/mol. The quantitative estimate of drug-likeness (QED) is 0.0443. The van der Waals surface area contributed by atoms with Crippen molar-refractivity contribution in [2.24, 2.45) is 0 Å². The molecule has 5 aromatic carbocycles. The predicted octanol–water partition coefficient (Wildman–Crippen LogP) is 9.73. The van der Waals surface area contributed by atoms with Gasteiger partial charge in [0.25, 0.3) is 11.8 Å². The highest BCUT2D eigenvalue weighted by molar-refractivity contribution is 6.41. The Kier molecular flexibility index (Phi) is 12.0. The summed E-state index contributed by atoms with van der Waals surface area (Å²) < 4.78 is 12.3. The Balaban J connectivity index is 0.973. The summed E-state index contributed by atoms with van der Waals surface area (Å²) in [7, 11) is 0. The topological polar surface area (TPSA) is 284 Å². The number of carboxylic acids is 3. The number of nitrogens with two attached hydrogens (primary N) is 1. The fraction of sp³-hybridized carbons (Fsp3) is 0.0755. The Morgan fingerprint density at radius 1 is 0.634 bits per heavy atom. The SMILES string of the molecule is Cc1cc2c(-c3c(Cl)cc(C(=O)NCc4ccc(C(=O)NCc5c(O)ccc6c(-c7ccc(C(=O)O)cc7C(=O)O)c7ccc(=O)cc-7oc56)cc4)c(Cl)c3C(=O)O)c3cc(C)c(=N)cc-3oc2cc1N. The summed E-state index contributed by atoms with van der Waals surface area (Å²) in [5.41, 5.74) is 8.91. The molecule has 0 bridgehead atoms. The number of aromatic hydroxyl groups is 1. The number of carbonyl (C=O) groups is 5. The maximum atomic E-state index is 13.7. The van der Waals surface area contributed by atoms with Crippen LogP contribution in [0, 0.1) is 19.3 Å². The van der Waals surface area contributed by atoms with Gasteiger partial charge in [-0.1, -0.05) is 41.4 Å². The van der Waals surface area contributed by atoms with Gasteiger partial charge in [0.1, 0.15) is 28.4 Å². The second-order valence-electron chi connectivity index (χ2n) is 16.6. The number of hydrogen-bond acceptors (Lipinski definition) is 11. The Morgan fingerprint density at radius 3 is 2.03 bits per heavy atom. The van der Waals surface area contributed by atoms with Crippen LogP contribution in [0.1, 0.15) is 74.0 Å². The molecule has 16 nitrogen and oxygen atoms in total. The van der Waals surface area contributed by atoms with E-state index >= 15 is 0 Å². The highest BCUT2D eigenvalue weighted by Gasteiger charge is 2.31. The first-order valence-corrected chi connectivity index (χ1v) is 22.1. The molecule has 2 aliphatic heterocycles. The van der Waals surface area contributed by atoms with Crippen LogP contribution in [-0.2, 0) is 13.1 Å². The van der Waals surface area contributed by atoms with Crippen molar-refractivity contribution in [3.63, 3.8) is 0 Å². The van der Waals surface area contributed by atoms with Crippen LogP contribution in [0.4, 0.5) is 5.69 Å². The molecule has 0 unspecified atom stereocenters. The zero-order chi connectivity index (χ0) is 50.7. The number of phenols is 1. The van der Waals surface area contributed by atoms with Gasteiger partial charge in [0.05, 0.1) is 49.8 Å². The molecule has 9 N–H and O–H groups in total. The minimum Gasteiger partial charge on any atom is -0.507 e. The third-order valence-electron chi connectivity index (χ3n) is 12.2. The third-order valence-corrected chi connectivity index (χ3v) is 12.9. The molecule has 0 aromatic heterocycles. The fourth-order valence-corrected chi connectivity index (χ4v) is 9.17. The number of halogens is 2. The zero-order valence-corrected chi connectivity index (χ0v) is 38.6. The van der Waals surface area contributed by atoms with Crippen LogP contribution in [0.3, 0.4) is 0 Å². The molecule has 18 heteroatoms. The largest absolute Gasteiger partial charge is 0.507 e. The van der Waals surface area contributed by atoms with E-state index in [9.17, 15) is 49.2 Å². The van der Waals surface area contributed by atoms with Gasteiger partial charge in [0.2, 0.25) is 0 Å². The summed E-state index contributed by atoms with van der Waals surface area (Å²) in [6, 6.07) is 24.3. The third kappa shape index (κ3) is 8.51. The van der Waals surface area contributed by atoms with Gasteiger partial charge in [-0.25, -0.2) is 14.4 Å². The molecular formula is C53H36Cl2N4O12. The number of hydrogen-bond donors (Lipinski definition) is 8. The number of nitrogens with one attached hydrogen (secondary N) is 3. The van der Waals surface area contributed by atoms with Crippen LogP contribution in [0.25, 0.3) is 66.8 Å². The summed E-state index contributed by atoms with van der Waals surface area (Å²) in [6.45, 7) is 3.12. The van der Waals surface area contributed by atoms with Crippen molar-refractivity contribution in [3.8, 4) is 50.7 Å². The lowest BCUT2D eigenvalue weighted by Crippen LogP contribution is -2.24. The number of phenolic OH excluding ortho intramolecular Hbond substituents is 1. The number of aromatic carboxylic acids is 3. The second-order valence-corrected chi connectivity index (χ2v) is 17.4. The maximum Gasteiger partial charge on any atom is 0.337 e. The van der Waals surface area contributed by atoms with Gasteiger partial charge in [-0.2, -0.15) is 0 Å². The highest BCUT2D eigenvalue weighted by atomic mass is 35.5. The van der Waals surface area contributed by atoms with Gasteiger partial charge in [0, 0.05) is 74.6 Å². The molecule has 4 aliphatic rings. The standard InChI is InChI=1S/C53H36Cl2N4O12/c1-22-13-32-41(18-37(22)56)70-42-19-38(57)23(2)14-33(42)44(32)45-36(54)17-34(47(55)46(45)53(68)69)50(63)58-20-24-3-5-25(6-4-24)49(62)59-21-35-39(61)12-11-30-43(29-10-8-27(60)16-40(29)71-48(30)35)28-9-7-26(51(64)65)15-31(28)52(66)67/h3-19,56,61H,20-21,57H2,1-2H3,(H,58,63)(H,59,62)(H,64,65)(H,66,67)(H,68,69). The van der Waals surface area contributed by atoms with Gasteiger partial charge >= 0.3 is 17.9 Å². The second kappa shape index (κ2) is 18.2. The molecule has 2 amide bonds.